The highest BCUT2D eigenvalue weighted by Crippen LogP contribution is 2.22. The zero-order chi connectivity index (χ0) is 15.4. The molecule has 5 nitrogen and oxygen atoms in total. The van der Waals surface area contributed by atoms with Gasteiger partial charge in [0.2, 0.25) is 0 Å². The van der Waals surface area contributed by atoms with Gasteiger partial charge in [0.05, 0.1) is 17.0 Å². The second-order valence-corrected chi connectivity index (χ2v) is 4.80. The number of carbonyl (C=O) groups excluding carboxylic acids is 1. The molecule has 0 unspecified atom stereocenters. The number of amides is 1. The quantitative estimate of drug-likeness (QED) is 0.810. The van der Waals surface area contributed by atoms with E-state index in [1.54, 1.807) is 24.3 Å². The van der Waals surface area contributed by atoms with Crippen LogP contribution in [0.15, 0.2) is 42.5 Å². The third kappa shape index (κ3) is 3.97. The number of benzene rings is 2. The zero-order valence-corrected chi connectivity index (χ0v) is 11.6. The smallest absolute Gasteiger partial charge is 0.307 e. The minimum Gasteiger partial charge on any atom is -0.508 e. The van der Waals surface area contributed by atoms with Crippen LogP contribution in [0.2, 0.25) is 5.02 Å². The Hall–Kier alpha value is -2.53. The van der Waals surface area contributed by atoms with Crippen molar-refractivity contribution in [2.24, 2.45) is 0 Å². The van der Waals surface area contributed by atoms with Crippen molar-refractivity contribution in [3.05, 3.63) is 58.6 Å². The number of phenols is 1. The predicted octanol–water partition coefficient (Wildman–Crippen LogP) is 2.93. The number of carbonyl (C=O) groups is 2. The number of hydrogen-bond donors (Lipinski definition) is 3. The monoisotopic (exact) mass is 305 g/mol. The van der Waals surface area contributed by atoms with E-state index < -0.39 is 11.9 Å². The molecule has 108 valence electrons. The highest BCUT2D eigenvalue weighted by Gasteiger charge is 2.12. The molecule has 6 heteroatoms. The first kappa shape index (κ1) is 14.9. The normalized spacial score (nSPS) is 10.1. The maximum Gasteiger partial charge on any atom is 0.307 e. The van der Waals surface area contributed by atoms with Crippen molar-refractivity contribution in [3.8, 4) is 5.75 Å². The second-order valence-electron chi connectivity index (χ2n) is 4.39. The van der Waals surface area contributed by atoms with Crippen LogP contribution in [0, 0.1) is 0 Å². The summed E-state index contributed by atoms with van der Waals surface area (Å²) in [7, 11) is 0. The number of nitrogens with one attached hydrogen (secondary N) is 1. The number of rotatable bonds is 4. The molecule has 0 saturated heterocycles. The topological polar surface area (TPSA) is 86.6 Å². The Morgan fingerprint density at radius 2 is 1.90 bits per heavy atom. The number of phenolic OH excluding ortho intramolecular Hbond substituents is 1. The lowest BCUT2D eigenvalue weighted by molar-refractivity contribution is -0.136. The fraction of sp³-hybridized carbons (Fsp3) is 0.0667. The van der Waals surface area contributed by atoms with E-state index in [-0.39, 0.29) is 22.8 Å². The van der Waals surface area contributed by atoms with E-state index in [0.717, 1.165) is 0 Å². The molecule has 3 N–H and O–H groups in total. The minimum atomic E-state index is -0.950. The predicted molar refractivity (Wildman–Crippen MR) is 78.9 cm³/mol. The highest BCUT2D eigenvalue weighted by atomic mass is 35.5. The van der Waals surface area contributed by atoms with Crippen molar-refractivity contribution in [1.29, 1.82) is 0 Å². The fourth-order valence-electron chi connectivity index (χ4n) is 1.82. The molecule has 0 aliphatic heterocycles. The summed E-state index contributed by atoms with van der Waals surface area (Å²) < 4.78 is 0. The highest BCUT2D eigenvalue weighted by molar-refractivity contribution is 6.34. The Balaban J connectivity index is 2.19. The molecule has 21 heavy (non-hydrogen) atoms. The van der Waals surface area contributed by atoms with Crippen molar-refractivity contribution in [2.75, 3.05) is 5.32 Å². The van der Waals surface area contributed by atoms with Crippen molar-refractivity contribution < 1.29 is 19.8 Å². The molecule has 0 bridgehead atoms. The summed E-state index contributed by atoms with van der Waals surface area (Å²) in [4.78, 5) is 22.8. The maximum absolute atomic E-state index is 12.1. The van der Waals surface area contributed by atoms with E-state index in [9.17, 15) is 14.7 Å². The van der Waals surface area contributed by atoms with Crippen LogP contribution in [0.4, 0.5) is 5.69 Å². The van der Waals surface area contributed by atoms with Gasteiger partial charge in [0.1, 0.15) is 5.75 Å². The number of halogens is 1. The van der Waals surface area contributed by atoms with Gasteiger partial charge in [-0.1, -0.05) is 23.7 Å². The number of carboxylic acids is 1. The van der Waals surface area contributed by atoms with E-state index in [1.807, 2.05) is 0 Å². The molecule has 1 amide bonds. The van der Waals surface area contributed by atoms with Crippen LogP contribution in [-0.2, 0) is 11.2 Å². The summed E-state index contributed by atoms with van der Waals surface area (Å²) in [6.45, 7) is 0. The van der Waals surface area contributed by atoms with E-state index in [2.05, 4.69) is 5.32 Å². The lowest BCUT2D eigenvalue weighted by Gasteiger charge is -2.08. The molecule has 2 rings (SSSR count). The van der Waals surface area contributed by atoms with E-state index >= 15 is 0 Å². The molecule has 0 heterocycles. The molecular weight excluding hydrogens is 294 g/mol. The van der Waals surface area contributed by atoms with Gasteiger partial charge in [-0.15, -0.1) is 0 Å². The third-order valence-corrected chi connectivity index (χ3v) is 3.06. The summed E-state index contributed by atoms with van der Waals surface area (Å²) in [6.07, 6.45) is -0.128. The Kier molecular flexibility index (Phi) is 4.45. The zero-order valence-electron chi connectivity index (χ0n) is 10.8. The van der Waals surface area contributed by atoms with Gasteiger partial charge in [0.25, 0.3) is 5.91 Å². The molecule has 0 saturated carbocycles. The van der Waals surface area contributed by atoms with Crippen LogP contribution in [0.3, 0.4) is 0 Å². The number of hydrogen-bond acceptors (Lipinski definition) is 3. The first-order chi connectivity index (χ1) is 9.95. The Morgan fingerprint density at radius 1 is 1.14 bits per heavy atom. The average molecular weight is 306 g/mol. The number of aliphatic carboxylic acids is 1. The maximum atomic E-state index is 12.1. The van der Waals surface area contributed by atoms with Gasteiger partial charge in [0, 0.05) is 5.69 Å². The lowest BCUT2D eigenvalue weighted by atomic mass is 10.1. The summed E-state index contributed by atoms with van der Waals surface area (Å²) in [6, 6.07) is 10.6. The molecule has 2 aromatic rings. The number of aromatic hydroxyl groups is 1. The van der Waals surface area contributed by atoms with Crippen LogP contribution < -0.4 is 5.32 Å². The van der Waals surface area contributed by atoms with E-state index in [0.29, 0.717) is 11.3 Å². The van der Waals surface area contributed by atoms with Gasteiger partial charge in [0.15, 0.2) is 0 Å². The van der Waals surface area contributed by atoms with Crippen LogP contribution in [0.25, 0.3) is 0 Å². The van der Waals surface area contributed by atoms with Crippen LogP contribution in [-0.4, -0.2) is 22.1 Å². The average Bonchev–Trinajstić information content (AvgIpc) is 2.41. The van der Waals surface area contributed by atoms with Crippen molar-refractivity contribution in [1.82, 2.24) is 0 Å². The first-order valence-electron chi connectivity index (χ1n) is 6.06. The lowest BCUT2D eigenvalue weighted by Crippen LogP contribution is -2.12. The molecule has 0 aliphatic carbocycles. The van der Waals surface area contributed by atoms with Crippen molar-refractivity contribution >= 4 is 29.2 Å². The molecule has 0 aromatic heterocycles. The van der Waals surface area contributed by atoms with Gasteiger partial charge < -0.3 is 15.5 Å². The Morgan fingerprint density at radius 3 is 2.62 bits per heavy atom. The van der Waals surface area contributed by atoms with E-state index in [4.69, 9.17) is 16.7 Å². The fourth-order valence-corrected chi connectivity index (χ4v) is 2.02. The minimum absolute atomic E-state index is 0.0656. The third-order valence-electron chi connectivity index (χ3n) is 2.73. The number of anilines is 1. The van der Waals surface area contributed by atoms with Crippen LogP contribution in [0.1, 0.15) is 15.9 Å². The molecule has 0 atom stereocenters. The standard InChI is InChI=1S/C15H12ClNO4/c16-13-5-4-11(18)8-12(13)15(21)17-10-3-1-2-9(6-10)7-14(19)20/h1-6,8,18H,7H2,(H,17,21)(H,19,20). The summed E-state index contributed by atoms with van der Waals surface area (Å²) >= 11 is 5.91. The van der Waals surface area contributed by atoms with Crippen molar-refractivity contribution in [3.63, 3.8) is 0 Å². The largest absolute Gasteiger partial charge is 0.508 e. The van der Waals surface area contributed by atoms with Gasteiger partial charge in [-0.05, 0) is 35.9 Å². The van der Waals surface area contributed by atoms with E-state index in [1.165, 1.54) is 18.2 Å². The summed E-state index contributed by atoms with van der Waals surface area (Å²) in [5.41, 5.74) is 1.17. The molecule has 2 aromatic carbocycles. The van der Waals surface area contributed by atoms with Gasteiger partial charge in [-0.3, -0.25) is 9.59 Å². The van der Waals surface area contributed by atoms with Gasteiger partial charge in [-0.25, -0.2) is 0 Å². The first-order valence-corrected chi connectivity index (χ1v) is 6.44. The molecular formula is C15H12ClNO4. The van der Waals surface area contributed by atoms with Crippen molar-refractivity contribution in [2.45, 2.75) is 6.42 Å². The molecule has 0 spiro atoms. The second kappa shape index (κ2) is 6.28. The van der Waals surface area contributed by atoms with Gasteiger partial charge in [-0.2, -0.15) is 0 Å². The summed E-state index contributed by atoms with van der Waals surface area (Å²) in [5, 5.41) is 21.0. The molecule has 0 fully saturated rings. The van der Waals surface area contributed by atoms with Crippen LogP contribution in [0.5, 0.6) is 5.75 Å². The molecule has 0 radical (unpaired) electrons. The summed E-state index contributed by atoms with van der Waals surface area (Å²) in [5.74, 6) is -1.50. The van der Waals surface area contributed by atoms with Gasteiger partial charge >= 0.3 is 5.97 Å². The Labute approximate surface area is 125 Å². The van der Waals surface area contributed by atoms with Crippen LogP contribution >= 0.6 is 11.6 Å². The SMILES string of the molecule is O=C(O)Cc1cccc(NC(=O)c2cc(O)ccc2Cl)c1. The molecule has 0 aliphatic rings. The number of carboxylic acid groups (broad SMARTS) is 1. The Bertz CT molecular complexity index is 700.